The summed E-state index contributed by atoms with van der Waals surface area (Å²) in [4.78, 5) is 0. The van der Waals surface area contributed by atoms with Gasteiger partial charge >= 0.3 is 0 Å². The van der Waals surface area contributed by atoms with Crippen molar-refractivity contribution in [1.29, 1.82) is 0 Å². The van der Waals surface area contributed by atoms with Crippen LogP contribution in [0.4, 0.5) is 0 Å². The molecule has 0 spiro atoms. The summed E-state index contributed by atoms with van der Waals surface area (Å²) in [7, 11) is -1.000. The topological polar surface area (TPSA) is 26.3 Å². The van der Waals surface area contributed by atoms with Crippen molar-refractivity contribution in [2.75, 3.05) is 0 Å². The van der Waals surface area contributed by atoms with E-state index < -0.39 is 8.69 Å². The Hall–Kier alpha value is -0.590. The predicted molar refractivity (Wildman–Crippen MR) is 76.4 cm³/mol. The van der Waals surface area contributed by atoms with Gasteiger partial charge in [-0.15, -0.1) is 0 Å². The van der Waals surface area contributed by atoms with Crippen LogP contribution in [0.5, 0.6) is 0 Å². The van der Waals surface area contributed by atoms with Gasteiger partial charge in [0.2, 0.25) is 0 Å². The summed E-state index contributed by atoms with van der Waals surface area (Å²) in [5, 5.41) is 0. The van der Waals surface area contributed by atoms with Gasteiger partial charge in [-0.3, -0.25) is 4.57 Å². The molecule has 3 unspecified atom stereocenters. The maximum Gasteiger partial charge on any atom is 0.180 e. The molecule has 0 fully saturated rings. The molecule has 1 rings (SSSR count). The van der Waals surface area contributed by atoms with Gasteiger partial charge in [-0.2, -0.15) is 0 Å². The molecule has 0 saturated carbocycles. The van der Waals surface area contributed by atoms with Crippen molar-refractivity contribution in [2.24, 2.45) is 0 Å². The zero-order valence-electron chi connectivity index (χ0n) is 11.3. The lowest BCUT2D eigenvalue weighted by atomic mass is 9.99. The van der Waals surface area contributed by atoms with E-state index in [1.807, 2.05) is 13.8 Å². The molecule has 0 radical (unpaired) electrons. The zero-order valence-corrected chi connectivity index (χ0v) is 12.5. The van der Waals surface area contributed by atoms with Crippen LogP contribution in [0.1, 0.15) is 52.0 Å². The smallest absolute Gasteiger partial charge is 0.180 e. The maximum absolute atomic E-state index is 9.76. The highest BCUT2D eigenvalue weighted by Gasteiger charge is 1.98. The van der Waals surface area contributed by atoms with Crippen molar-refractivity contribution in [3.8, 4) is 0 Å². The summed E-state index contributed by atoms with van der Waals surface area (Å²) in [6, 6.07) is 10.6. The normalized spacial score (nSPS) is 14.1. The molecule has 1 aromatic carbocycles. The first-order valence-corrected chi connectivity index (χ1v) is 7.23. The molecule has 0 saturated heterocycles. The van der Waals surface area contributed by atoms with E-state index in [1.165, 1.54) is 12.0 Å². The van der Waals surface area contributed by atoms with Crippen LogP contribution in [0.15, 0.2) is 30.3 Å². The van der Waals surface area contributed by atoms with Crippen LogP contribution in [0.3, 0.4) is 0 Å². The van der Waals surface area contributed by atoms with Gasteiger partial charge in [-0.05, 0) is 31.2 Å². The van der Waals surface area contributed by atoms with Crippen molar-refractivity contribution >= 4 is 8.69 Å². The van der Waals surface area contributed by atoms with Crippen LogP contribution >= 0.6 is 8.69 Å². The lowest BCUT2D eigenvalue weighted by Crippen LogP contribution is -1.96. The molecule has 0 aliphatic rings. The molecule has 0 bridgehead atoms. The minimum Gasteiger partial charge on any atom is -0.329 e. The van der Waals surface area contributed by atoms with Crippen molar-refractivity contribution in [3.05, 3.63) is 35.9 Å². The highest BCUT2D eigenvalue weighted by Crippen LogP contribution is 2.16. The molecule has 0 aliphatic carbocycles. The van der Waals surface area contributed by atoms with E-state index in [-0.39, 0.29) is 6.10 Å². The summed E-state index contributed by atoms with van der Waals surface area (Å²) >= 11 is 0. The highest BCUT2D eigenvalue weighted by atomic mass is 31.1. The number of hydrogen-bond donors (Lipinski definition) is 0. The number of hydrogen-bond acceptors (Lipinski definition) is 2. The van der Waals surface area contributed by atoms with Gasteiger partial charge in [0.05, 0.1) is 6.10 Å². The van der Waals surface area contributed by atoms with Gasteiger partial charge in [-0.25, -0.2) is 0 Å². The fourth-order valence-electron chi connectivity index (χ4n) is 1.21. The number of benzene rings is 1. The standard InChI is InChI=1S/C10H14.C4H11O2P/c1-3-9(2)10-7-5-4-6-8-10;1-3-4(2)6-7-5/h4-9H,3H2,1-2H3;4H,3,7H2,1-2H3. The molecular formula is C14H25O2P. The Morgan fingerprint density at radius 1 is 1.12 bits per heavy atom. The van der Waals surface area contributed by atoms with Gasteiger partial charge in [0, 0.05) is 0 Å². The van der Waals surface area contributed by atoms with Crippen LogP contribution in [-0.2, 0) is 9.09 Å². The van der Waals surface area contributed by atoms with Crippen molar-refractivity contribution < 1.29 is 9.09 Å². The summed E-state index contributed by atoms with van der Waals surface area (Å²) in [6.45, 7) is 8.39. The third-order valence-electron chi connectivity index (χ3n) is 2.84. The van der Waals surface area contributed by atoms with Gasteiger partial charge in [0.25, 0.3) is 0 Å². The van der Waals surface area contributed by atoms with Gasteiger partial charge in [-0.1, -0.05) is 51.1 Å². The first-order valence-electron chi connectivity index (χ1n) is 6.29. The molecular weight excluding hydrogens is 231 g/mol. The average Bonchev–Trinajstić information content (AvgIpc) is 2.39. The summed E-state index contributed by atoms with van der Waals surface area (Å²) in [6.07, 6.45) is 2.34. The van der Waals surface area contributed by atoms with Crippen molar-refractivity contribution in [3.63, 3.8) is 0 Å². The Labute approximate surface area is 107 Å². The van der Waals surface area contributed by atoms with Gasteiger partial charge < -0.3 is 4.52 Å². The lowest BCUT2D eigenvalue weighted by Gasteiger charge is -2.06. The minimum absolute atomic E-state index is 0.174. The second-order valence-electron chi connectivity index (χ2n) is 4.17. The molecule has 98 valence electrons. The van der Waals surface area contributed by atoms with E-state index in [0.29, 0.717) is 5.92 Å². The largest absolute Gasteiger partial charge is 0.329 e. The second-order valence-corrected chi connectivity index (χ2v) is 4.64. The Kier molecular flexibility index (Phi) is 10.2. The van der Waals surface area contributed by atoms with Gasteiger partial charge in [0.15, 0.2) is 8.69 Å². The fourth-order valence-corrected chi connectivity index (χ4v) is 1.59. The summed E-state index contributed by atoms with van der Waals surface area (Å²) in [5.41, 5.74) is 1.45. The van der Waals surface area contributed by atoms with Crippen LogP contribution in [0.2, 0.25) is 0 Å². The Balaban J connectivity index is 0.000000325. The average molecular weight is 256 g/mol. The van der Waals surface area contributed by atoms with Crippen molar-refractivity contribution in [1.82, 2.24) is 0 Å². The zero-order chi connectivity index (χ0) is 13.1. The van der Waals surface area contributed by atoms with Crippen LogP contribution < -0.4 is 0 Å². The van der Waals surface area contributed by atoms with E-state index in [2.05, 4.69) is 44.2 Å². The summed E-state index contributed by atoms with van der Waals surface area (Å²) < 4.78 is 14.5. The van der Waals surface area contributed by atoms with Crippen LogP contribution in [-0.4, -0.2) is 6.10 Å². The molecule has 3 atom stereocenters. The first-order chi connectivity index (χ1) is 8.15. The van der Waals surface area contributed by atoms with Crippen molar-refractivity contribution in [2.45, 2.75) is 52.6 Å². The van der Waals surface area contributed by atoms with Crippen LogP contribution in [0, 0.1) is 0 Å². The Morgan fingerprint density at radius 2 is 1.71 bits per heavy atom. The molecule has 0 aromatic heterocycles. The molecule has 0 aliphatic heterocycles. The predicted octanol–water partition coefficient (Wildman–Crippen LogP) is 4.67. The van der Waals surface area contributed by atoms with E-state index >= 15 is 0 Å². The van der Waals surface area contributed by atoms with E-state index in [4.69, 9.17) is 4.52 Å². The maximum atomic E-state index is 9.76. The summed E-state index contributed by atoms with van der Waals surface area (Å²) in [5.74, 6) is 0.709. The molecule has 2 nitrogen and oxygen atoms in total. The van der Waals surface area contributed by atoms with Crippen LogP contribution in [0.25, 0.3) is 0 Å². The Bertz CT molecular complexity index is 288. The second kappa shape index (κ2) is 10.6. The quantitative estimate of drug-likeness (QED) is 0.715. The number of rotatable bonds is 5. The monoisotopic (exact) mass is 256 g/mol. The van der Waals surface area contributed by atoms with E-state index in [9.17, 15) is 4.57 Å². The molecule has 0 amide bonds. The van der Waals surface area contributed by atoms with E-state index in [1.54, 1.807) is 0 Å². The first kappa shape index (κ1) is 16.4. The molecule has 1 aromatic rings. The third-order valence-corrected chi connectivity index (χ3v) is 3.42. The molecule has 3 heteroatoms. The van der Waals surface area contributed by atoms with E-state index in [0.717, 1.165) is 6.42 Å². The Morgan fingerprint density at radius 3 is 2.06 bits per heavy atom. The van der Waals surface area contributed by atoms with Gasteiger partial charge in [0.1, 0.15) is 0 Å². The highest BCUT2D eigenvalue weighted by molar-refractivity contribution is 7.17. The SMILES string of the molecule is CCC(C)O[PH2]=O.CCC(C)c1ccccc1. The minimum atomic E-state index is -1.000. The molecule has 17 heavy (non-hydrogen) atoms. The fraction of sp³-hybridized carbons (Fsp3) is 0.571. The molecule has 0 N–H and O–H groups in total. The lowest BCUT2D eigenvalue weighted by molar-refractivity contribution is 0.240. The molecule has 0 heterocycles. The third kappa shape index (κ3) is 8.18.